The van der Waals surface area contributed by atoms with E-state index in [9.17, 15) is 0 Å². The lowest BCUT2D eigenvalue weighted by atomic mass is 10.3. The second-order valence-corrected chi connectivity index (χ2v) is 3.61. The van der Waals surface area contributed by atoms with Crippen LogP contribution in [0.25, 0.3) is 0 Å². The monoisotopic (exact) mass is 259 g/mol. The summed E-state index contributed by atoms with van der Waals surface area (Å²) in [6.07, 6.45) is 1.51. The molecule has 1 aromatic carbocycles. The molecule has 0 saturated heterocycles. The zero-order chi connectivity index (χ0) is 13.7. The third-order valence-corrected chi connectivity index (χ3v) is 2.40. The van der Waals surface area contributed by atoms with Crippen molar-refractivity contribution in [2.45, 2.75) is 0 Å². The van der Waals surface area contributed by atoms with E-state index in [4.69, 9.17) is 20.4 Å². The number of pyridine rings is 1. The molecule has 2 aromatic rings. The van der Waals surface area contributed by atoms with Crippen LogP contribution in [0.1, 0.15) is 5.69 Å². The van der Waals surface area contributed by atoms with Crippen LogP contribution in [-0.4, -0.2) is 23.1 Å². The van der Waals surface area contributed by atoms with Crippen LogP contribution in [0.15, 0.2) is 47.8 Å². The summed E-state index contributed by atoms with van der Waals surface area (Å²) in [7, 11) is 1.57. The molecule has 98 valence electrons. The van der Waals surface area contributed by atoms with Gasteiger partial charge in [-0.15, -0.1) is 0 Å². The van der Waals surface area contributed by atoms with E-state index < -0.39 is 0 Å². The van der Waals surface area contributed by atoms with Crippen molar-refractivity contribution in [2.24, 2.45) is 10.9 Å². The average molecular weight is 259 g/mol. The number of nitrogens with two attached hydrogens (primary N) is 1. The van der Waals surface area contributed by atoms with E-state index in [0.29, 0.717) is 22.9 Å². The fourth-order valence-electron chi connectivity index (χ4n) is 1.50. The second-order valence-electron chi connectivity index (χ2n) is 3.61. The fourth-order valence-corrected chi connectivity index (χ4v) is 1.50. The van der Waals surface area contributed by atoms with Gasteiger partial charge in [-0.25, -0.2) is 0 Å². The predicted octanol–water partition coefficient (Wildman–Crippen LogP) is 1.98. The predicted molar refractivity (Wildman–Crippen MR) is 69.8 cm³/mol. The molecule has 0 radical (unpaired) electrons. The van der Waals surface area contributed by atoms with Crippen molar-refractivity contribution in [3.05, 3.63) is 48.3 Å². The Hall–Kier alpha value is -2.76. The lowest BCUT2D eigenvalue weighted by Crippen LogP contribution is -2.14. The van der Waals surface area contributed by atoms with E-state index in [1.807, 2.05) is 12.1 Å². The van der Waals surface area contributed by atoms with Gasteiger partial charge in [-0.2, -0.15) is 0 Å². The molecule has 2 rings (SSSR count). The summed E-state index contributed by atoms with van der Waals surface area (Å²) >= 11 is 0. The molecule has 0 aliphatic rings. The summed E-state index contributed by atoms with van der Waals surface area (Å²) in [5, 5.41) is 11.5. The number of amidine groups is 1. The normalized spacial score (nSPS) is 11.1. The van der Waals surface area contributed by atoms with Gasteiger partial charge in [-0.1, -0.05) is 17.3 Å². The number of oxime groups is 1. The number of methoxy groups -OCH3 is 1. The van der Waals surface area contributed by atoms with Gasteiger partial charge < -0.3 is 20.4 Å². The van der Waals surface area contributed by atoms with Gasteiger partial charge in [0.05, 0.1) is 7.11 Å². The van der Waals surface area contributed by atoms with Crippen molar-refractivity contribution in [1.29, 1.82) is 0 Å². The van der Waals surface area contributed by atoms with Crippen LogP contribution in [0, 0.1) is 0 Å². The summed E-state index contributed by atoms with van der Waals surface area (Å²) in [4.78, 5) is 3.97. The number of aromatic nitrogens is 1. The molecule has 0 amide bonds. The summed E-state index contributed by atoms with van der Waals surface area (Å²) in [5.74, 6) is 1.62. The fraction of sp³-hybridized carbons (Fsp3) is 0.0769. The Kier molecular flexibility index (Phi) is 3.82. The standard InChI is InChI=1S/C13H13N3O3/c1-18-11-4-2-3-5-12(11)19-9-6-7-15-10(8-9)13(14)16-17/h2-8,17H,1H3,(H2,14,16). The van der Waals surface area contributed by atoms with Crippen LogP contribution in [0.4, 0.5) is 0 Å². The zero-order valence-corrected chi connectivity index (χ0v) is 10.3. The molecule has 0 unspecified atom stereocenters. The molecule has 0 bridgehead atoms. The molecular weight excluding hydrogens is 246 g/mol. The minimum atomic E-state index is -0.0783. The minimum Gasteiger partial charge on any atom is -0.493 e. The van der Waals surface area contributed by atoms with E-state index in [0.717, 1.165) is 0 Å². The highest BCUT2D eigenvalue weighted by molar-refractivity contribution is 5.95. The van der Waals surface area contributed by atoms with Crippen LogP contribution >= 0.6 is 0 Å². The summed E-state index contributed by atoms with van der Waals surface area (Å²) in [6.45, 7) is 0. The van der Waals surface area contributed by atoms with Gasteiger partial charge >= 0.3 is 0 Å². The number of nitrogens with zero attached hydrogens (tertiary/aromatic N) is 2. The Balaban J connectivity index is 2.28. The zero-order valence-electron chi connectivity index (χ0n) is 10.3. The molecule has 0 aliphatic heterocycles. The highest BCUT2D eigenvalue weighted by atomic mass is 16.5. The van der Waals surface area contributed by atoms with Crippen molar-refractivity contribution in [3.8, 4) is 17.2 Å². The Morgan fingerprint density at radius 3 is 2.68 bits per heavy atom. The second kappa shape index (κ2) is 5.72. The summed E-state index contributed by atoms with van der Waals surface area (Å²) in [6, 6.07) is 10.5. The van der Waals surface area contributed by atoms with Crippen LogP contribution < -0.4 is 15.2 Å². The van der Waals surface area contributed by atoms with Crippen molar-refractivity contribution < 1.29 is 14.7 Å². The van der Waals surface area contributed by atoms with E-state index in [1.54, 1.807) is 31.4 Å². The Morgan fingerprint density at radius 2 is 2.00 bits per heavy atom. The van der Waals surface area contributed by atoms with Gasteiger partial charge in [0.25, 0.3) is 0 Å². The molecule has 0 saturated carbocycles. The Labute approximate surface area is 110 Å². The third kappa shape index (κ3) is 2.92. The maximum Gasteiger partial charge on any atom is 0.188 e. The molecule has 1 aromatic heterocycles. The first kappa shape index (κ1) is 12.7. The number of para-hydroxylation sites is 2. The van der Waals surface area contributed by atoms with Gasteiger partial charge in [-0.05, 0) is 18.2 Å². The molecule has 6 nitrogen and oxygen atoms in total. The van der Waals surface area contributed by atoms with E-state index >= 15 is 0 Å². The van der Waals surface area contributed by atoms with E-state index in [1.165, 1.54) is 6.20 Å². The Bertz CT molecular complexity index is 599. The first-order valence-electron chi connectivity index (χ1n) is 5.49. The molecule has 3 N–H and O–H groups in total. The summed E-state index contributed by atoms with van der Waals surface area (Å²) in [5.41, 5.74) is 5.80. The molecule has 19 heavy (non-hydrogen) atoms. The topological polar surface area (TPSA) is 90.0 Å². The maximum absolute atomic E-state index is 8.61. The van der Waals surface area contributed by atoms with Gasteiger partial charge in [0, 0.05) is 12.3 Å². The van der Waals surface area contributed by atoms with E-state index in [2.05, 4.69) is 10.1 Å². The van der Waals surface area contributed by atoms with Gasteiger partial charge in [0.15, 0.2) is 17.3 Å². The third-order valence-electron chi connectivity index (χ3n) is 2.40. The van der Waals surface area contributed by atoms with Gasteiger partial charge in [0.1, 0.15) is 11.4 Å². The number of hydrogen-bond donors (Lipinski definition) is 2. The molecule has 1 heterocycles. The number of hydrogen-bond acceptors (Lipinski definition) is 5. The lowest BCUT2D eigenvalue weighted by Gasteiger charge is -2.10. The number of benzene rings is 1. The quantitative estimate of drug-likeness (QED) is 0.379. The highest BCUT2D eigenvalue weighted by Gasteiger charge is 2.07. The molecule has 0 aliphatic carbocycles. The first-order valence-corrected chi connectivity index (χ1v) is 5.49. The number of ether oxygens (including phenoxy) is 2. The van der Waals surface area contributed by atoms with Crippen LogP contribution in [0.3, 0.4) is 0 Å². The molecular formula is C13H13N3O3. The van der Waals surface area contributed by atoms with Crippen molar-refractivity contribution in [1.82, 2.24) is 4.98 Å². The van der Waals surface area contributed by atoms with Crippen LogP contribution in [-0.2, 0) is 0 Å². The number of rotatable bonds is 4. The van der Waals surface area contributed by atoms with Gasteiger partial charge in [-0.3, -0.25) is 4.98 Å². The van der Waals surface area contributed by atoms with Crippen molar-refractivity contribution >= 4 is 5.84 Å². The maximum atomic E-state index is 8.61. The molecule has 0 fully saturated rings. The van der Waals surface area contributed by atoms with Gasteiger partial charge in [0.2, 0.25) is 0 Å². The van der Waals surface area contributed by atoms with Crippen LogP contribution in [0.2, 0.25) is 0 Å². The molecule has 0 atom stereocenters. The van der Waals surface area contributed by atoms with Crippen molar-refractivity contribution in [2.75, 3.05) is 7.11 Å². The average Bonchev–Trinajstić information content (AvgIpc) is 2.47. The highest BCUT2D eigenvalue weighted by Crippen LogP contribution is 2.30. The SMILES string of the molecule is COc1ccccc1Oc1ccnc(C(N)=NO)c1. The van der Waals surface area contributed by atoms with Crippen LogP contribution in [0.5, 0.6) is 17.2 Å². The Morgan fingerprint density at radius 1 is 1.26 bits per heavy atom. The largest absolute Gasteiger partial charge is 0.493 e. The minimum absolute atomic E-state index is 0.0783. The molecule has 6 heteroatoms. The first-order chi connectivity index (χ1) is 9.24. The smallest absolute Gasteiger partial charge is 0.188 e. The van der Waals surface area contributed by atoms with Crippen molar-refractivity contribution in [3.63, 3.8) is 0 Å². The lowest BCUT2D eigenvalue weighted by molar-refractivity contribution is 0.318. The molecule has 0 spiro atoms. The van der Waals surface area contributed by atoms with E-state index in [-0.39, 0.29) is 5.84 Å². The summed E-state index contributed by atoms with van der Waals surface area (Å²) < 4.78 is 10.9.